The molecule has 0 N–H and O–H groups in total. The normalized spacial score (nSPS) is 11.1. The molecule has 0 heterocycles. The number of hydrogen-bond donors (Lipinski definition) is 1. The van der Waals surface area contributed by atoms with Crippen LogP contribution in [-0.2, 0) is 6.42 Å². The van der Waals surface area contributed by atoms with Gasteiger partial charge in [0, 0.05) is 0 Å². The summed E-state index contributed by atoms with van der Waals surface area (Å²) in [5, 5.41) is 0. The first kappa shape index (κ1) is 22.6. The maximum atomic E-state index is 4.28. The SMILES string of the molecule is SCCCCCCc1ccc(C(=[C-]c2ccccc2)c2ccccc2)cc1.[Li+]. The minimum atomic E-state index is 0. The molecule has 0 saturated carbocycles. The first-order chi connectivity index (χ1) is 13.4. The van der Waals surface area contributed by atoms with Gasteiger partial charge < -0.3 is 0 Å². The van der Waals surface area contributed by atoms with Crippen molar-refractivity contribution in [3.63, 3.8) is 0 Å². The third-order valence-electron chi connectivity index (χ3n) is 4.72. The average molecular weight is 379 g/mol. The zero-order chi connectivity index (χ0) is 18.7. The largest absolute Gasteiger partial charge is 1.00 e. The number of unbranched alkanes of at least 4 members (excludes halogenated alkanes) is 3. The third kappa shape index (κ3) is 7.06. The van der Waals surface area contributed by atoms with Crippen LogP contribution in [0.3, 0.4) is 0 Å². The maximum Gasteiger partial charge on any atom is 1.00 e. The molecule has 3 aromatic carbocycles. The van der Waals surface area contributed by atoms with Crippen LogP contribution >= 0.6 is 12.6 Å². The van der Waals surface area contributed by atoms with Gasteiger partial charge in [-0.15, -0.1) is 29.3 Å². The van der Waals surface area contributed by atoms with Crippen molar-refractivity contribution in [3.8, 4) is 0 Å². The van der Waals surface area contributed by atoms with Gasteiger partial charge in [0.15, 0.2) is 0 Å². The Morgan fingerprint density at radius 3 is 1.86 bits per heavy atom. The van der Waals surface area contributed by atoms with E-state index in [1.54, 1.807) is 0 Å². The van der Waals surface area contributed by atoms with Crippen LogP contribution in [0.25, 0.3) is 5.57 Å². The maximum absolute atomic E-state index is 4.28. The fourth-order valence-electron chi connectivity index (χ4n) is 3.21. The molecule has 0 aliphatic carbocycles. The summed E-state index contributed by atoms with van der Waals surface area (Å²) in [6.45, 7) is 0. The van der Waals surface area contributed by atoms with Crippen molar-refractivity contribution in [1.29, 1.82) is 0 Å². The van der Waals surface area contributed by atoms with Crippen LogP contribution in [0, 0.1) is 6.08 Å². The van der Waals surface area contributed by atoms with Crippen molar-refractivity contribution in [2.24, 2.45) is 0 Å². The van der Waals surface area contributed by atoms with Crippen molar-refractivity contribution in [2.75, 3.05) is 5.75 Å². The monoisotopic (exact) mass is 378 g/mol. The molecule has 0 aromatic heterocycles. The molecule has 2 heteroatoms. The Morgan fingerprint density at radius 1 is 0.643 bits per heavy atom. The molecule has 28 heavy (non-hydrogen) atoms. The van der Waals surface area contributed by atoms with Gasteiger partial charge in [0.2, 0.25) is 0 Å². The quantitative estimate of drug-likeness (QED) is 0.188. The fourth-order valence-corrected chi connectivity index (χ4v) is 3.44. The van der Waals surface area contributed by atoms with E-state index in [0.29, 0.717) is 0 Å². The molecule has 0 unspecified atom stereocenters. The molecule has 0 radical (unpaired) electrons. The Bertz CT molecular complexity index is 823. The van der Waals surface area contributed by atoms with Gasteiger partial charge in [-0.3, -0.25) is 0 Å². The first-order valence-corrected chi connectivity index (χ1v) is 10.4. The molecule has 0 spiro atoms. The minimum absolute atomic E-state index is 0. The fraction of sp³-hybridized carbons (Fsp3) is 0.231. The van der Waals surface area contributed by atoms with E-state index >= 15 is 0 Å². The third-order valence-corrected chi connectivity index (χ3v) is 5.04. The van der Waals surface area contributed by atoms with Gasteiger partial charge in [0.05, 0.1) is 0 Å². The van der Waals surface area contributed by atoms with Crippen LogP contribution in [0.2, 0.25) is 0 Å². The molecule has 0 aliphatic rings. The molecule has 0 atom stereocenters. The van der Waals surface area contributed by atoms with Crippen LogP contribution in [-0.4, -0.2) is 5.75 Å². The summed E-state index contributed by atoms with van der Waals surface area (Å²) in [5.74, 6) is 1.00. The van der Waals surface area contributed by atoms with E-state index < -0.39 is 0 Å². The first-order valence-electron chi connectivity index (χ1n) is 9.81. The Hall–Kier alpha value is -1.65. The predicted molar refractivity (Wildman–Crippen MR) is 120 cm³/mol. The second-order valence-corrected chi connectivity index (χ2v) is 7.26. The van der Waals surface area contributed by atoms with Crippen molar-refractivity contribution in [2.45, 2.75) is 32.1 Å². The van der Waals surface area contributed by atoms with E-state index in [1.165, 1.54) is 42.4 Å². The van der Waals surface area contributed by atoms with E-state index in [9.17, 15) is 0 Å². The smallest absolute Gasteiger partial charge is 0.179 e. The Balaban J connectivity index is 0.00000280. The zero-order valence-corrected chi connectivity index (χ0v) is 17.7. The Morgan fingerprint density at radius 2 is 1.21 bits per heavy atom. The molecule has 0 saturated heterocycles. The van der Waals surface area contributed by atoms with Crippen molar-refractivity contribution in [3.05, 3.63) is 113 Å². The zero-order valence-electron chi connectivity index (χ0n) is 16.8. The summed E-state index contributed by atoms with van der Waals surface area (Å²) >= 11 is 4.28. The molecule has 0 fully saturated rings. The van der Waals surface area contributed by atoms with E-state index in [2.05, 4.69) is 97.6 Å². The number of rotatable bonds is 9. The summed E-state index contributed by atoms with van der Waals surface area (Å²) in [4.78, 5) is 0. The summed E-state index contributed by atoms with van der Waals surface area (Å²) in [6, 6.07) is 29.9. The Kier molecular flexibility index (Phi) is 10.3. The second-order valence-electron chi connectivity index (χ2n) is 6.82. The topological polar surface area (TPSA) is 0 Å². The van der Waals surface area contributed by atoms with Crippen LogP contribution in [0.1, 0.15) is 47.9 Å². The molecule has 3 rings (SSSR count). The van der Waals surface area contributed by atoms with Crippen molar-refractivity contribution in [1.82, 2.24) is 0 Å². The molecule has 3 aromatic rings. The number of thiol groups is 1. The van der Waals surface area contributed by atoms with Gasteiger partial charge in [-0.25, -0.2) is 0 Å². The van der Waals surface area contributed by atoms with Gasteiger partial charge in [-0.05, 0) is 30.6 Å². The molecule has 0 aliphatic heterocycles. The van der Waals surface area contributed by atoms with E-state index in [4.69, 9.17) is 0 Å². The molecule has 0 nitrogen and oxygen atoms in total. The van der Waals surface area contributed by atoms with Crippen LogP contribution in [0.5, 0.6) is 0 Å². The van der Waals surface area contributed by atoms with Gasteiger partial charge >= 0.3 is 18.9 Å². The van der Waals surface area contributed by atoms with Crippen molar-refractivity contribution >= 4 is 18.2 Å². The van der Waals surface area contributed by atoms with Gasteiger partial charge in [0.25, 0.3) is 0 Å². The second kappa shape index (κ2) is 12.7. The summed E-state index contributed by atoms with van der Waals surface area (Å²) in [5.41, 5.74) is 6.06. The van der Waals surface area contributed by atoms with Crippen molar-refractivity contribution < 1.29 is 18.9 Å². The number of aryl methyl sites for hydroxylation is 1. The van der Waals surface area contributed by atoms with E-state index in [1.807, 2.05) is 6.07 Å². The van der Waals surface area contributed by atoms with Crippen LogP contribution in [0.4, 0.5) is 0 Å². The predicted octanol–water partition coefficient (Wildman–Crippen LogP) is 4.01. The van der Waals surface area contributed by atoms with E-state index in [-0.39, 0.29) is 18.9 Å². The van der Waals surface area contributed by atoms with Gasteiger partial charge in [0.1, 0.15) is 0 Å². The van der Waals surface area contributed by atoms with E-state index in [0.717, 1.165) is 23.3 Å². The van der Waals surface area contributed by atoms with Crippen LogP contribution in [0.15, 0.2) is 84.9 Å². The minimum Gasteiger partial charge on any atom is -0.179 e. The summed E-state index contributed by atoms with van der Waals surface area (Å²) in [6.07, 6.45) is 9.82. The Labute approximate surface area is 187 Å². The summed E-state index contributed by atoms with van der Waals surface area (Å²) < 4.78 is 0. The summed E-state index contributed by atoms with van der Waals surface area (Å²) in [7, 11) is 0. The van der Waals surface area contributed by atoms with Gasteiger partial charge in [-0.1, -0.05) is 96.8 Å². The molecular formula is C26H27LiS. The number of hydrogen-bond acceptors (Lipinski definition) is 1. The van der Waals surface area contributed by atoms with Gasteiger partial charge in [-0.2, -0.15) is 12.6 Å². The standard InChI is InChI=1S/C26H27S.Li/c27-20-10-2-1-5-11-22-16-18-25(19-17-22)26(24-14-8-4-9-15-24)21-23-12-6-3-7-13-23;/h3-4,6-9,12-19,27H,1-2,5,10-11,20H2;/q-1;+1. The molecule has 0 bridgehead atoms. The number of benzene rings is 3. The van der Waals surface area contributed by atoms with Crippen LogP contribution < -0.4 is 18.9 Å². The molecular weight excluding hydrogens is 351 g/mol. The molecule has 0 amide bonds. The average Bonchev–Trinajstić information content (AvgIpc) is 2.74. The molecule has 138 valence electrons.